The molecule has 6 nitrogen and oxygen atoms in total. The van der Waals surface area contributed by atoms with Gasteiger partial charge in [-0.1, -0.05) is 19.1 Å². The maximum atomic E-state index is 13.0. The molecule has 7 heteroatoms. The minimum absolute atomic E-state index is 0.0954. The normalized spacial score (nSPS) is 15.5. The molecule has 142 valence electrons. The fourth-order valence-electron chi connectivity index (χ4n) is 2.72. The van der Waals surface area contributed by atoms with Crippen LogP contribution in [0.3, 0.4) is 0 Å². The van der Waals surface area contributed by atoms with Gasteiger partial charge >= 0.3 is 0 Å². The molecule has 1 N–H and O–H groups in total. The molecule has 1 aliphatic rings. The molecule has 1 heterocycles. The monoisotopic (exact) mass is 372 g/mol. The molecule has 2 aromatic rings. The molecule has 27 heavy (non-hydrogen) atoms. The van der Waals surface area contributed by atoms with Crippen LogP contribution in [0.5, 0.6) is 11.5 Å². The lowest BCUT2D eigenvalue weighted by Gasteiger charge is -2.34. The maximum Gasteiger partial charge on any atom is 0.265 e. The third kappa shape index (κ3) is 4.55. The molecule has 0 aliphatic carbocycles. The van der Waals surface area contributed by atoms with E-state index in [2.05, 4.69) is 5.32 Å². The molecule has 0 saturated carbocycles. The number of anilines is 1. The van der Waals surface area contributed by atoms with Crippen LogP contribution in [0.2, 0.25) is 0 Å². The molecule has 0 spiro atoms. The van der Waals surface area contributed by atoms with E-state index in [9.17, 15) is 14.0 Å². The van der Waals surface area contributed by atoms with Crippen LogP contribution >= 0.6 is 0 Å². The highest BCUT2D eigenvalue weighted by molar-refractivity contribution is 5.98. The average molecular weight is 372 g/mol. The van der Waals surface area contributed by atoms with Gasteiger partial charge in [0.25, 0.3) is 11.8 Å². The summed E-state index contributed by atoms with van der Waals surface area (Å²) in [7, 11) is 0. The molecule has 2 amide bonds. The molecule has 0 fully saturated rings. The van der Waals surface area contributed by atoms with E-state index in [1.807, 2.05) is 6.92 Å². The Hall–Kier alpha value is -3.09. The van der Waals surface area contributed by atoms with Crippen LogP contribution in [-0.2, 0) is 9.59 Å². The lowest BCUT2D eigenvalue weighted by Crippen LogP contribution is -2.51. The van der Waals surface area contributed by atoms with E-state index in [0.29, 0.717) is 23.7 Å². The van der Waals surface area contributed by atoms with Crippen molar-refractivity contribution in [2.75, 3.05) is 24.6 Å². The van der Waals surface area contributed by atoms with Crippen LogP contribution < -0.4 is 19.7 Å². The maximum absolute atomic E-state index is 13.0. The van der Waals surface area contributed by atoms with Gasteiger partial charge in [0.15, 0.2) is 12.7 Å². The molecule has 2 aromatic carbocycles. The van der Waals surface area contributed by atoms with Crippen molar-refractivity contribution >= 4 is 17.5 Å². The number of hydrogen-bond donors (Lipinski definition) is 1. The summed E-state index contributed by atoms with van der Waals surface area (Å²) < 4.78 is 24.2. The van der Waals surface area contributed by atoms with Gasteiger partial charge in [-0.15, -0.1) is 0 Å². The molecular weight excluding hydrogens is 351 g/mol. The van der Waals surface area contributed by atoms with Crippen molar-refractivity contribution in [2.45, 2.75) is 19.4 Å². The number of para-hydroxylation sites is 2. The van der Waals surface area contributed by atoms with Crippen LogP contribution in [0.15, 0.2) is 48.5 Å². The van der Waals surface area contributed by atoms with Gasteiger partial charge in [-0.25, -0.2) is 4.39 Å². The molecule has 1 atom stereocenters. The number of carbonyl (C=O) groups is 2. The number of fused-ring (bicyclic) bond motifs is 1. The van der Waals surface area contributed by atoms with Crippen LogP contribution in [0.25, 0.3) is 0 Å². The average Bonchev–Trinajstić information content (AvgIpc) is 2.70. The summed E-state index contributed by atoms with van der Waals surface area (Å²) in [6.45, 7) is 2.36. The first-order chi connectivity index (χ1) is 13.1. The highest BCUT2D eigenvalue weighted by atomic mass is 19.1. The van der Waals surface area contributed by atoms with Crippen LogP contribution in [0, 0.1) is 5.82 Å². The molecule has 0 aromatic heterocycles. The number of carbonyl (C=O) groups excluding carboxylic acids is 2. The first-order valence-electron chi connectivity index (χ1n) is 8.80. The number of benzene rings is 2. The van der Waals surface area contributed by atoms with Gasteiger partial charge in [0.1, 0.15) is 17.3 Å². The second kappa shape index (κ2) is 8.53. The number of amides is 2. The van der Waals surface area contributed by atoms with Crippen LogP contribution in [0.1, 0.15) is 13.3 Å². The summed E-state index contributed by atoms with van der Waals surface area (Å²) in [5, 5.41) is 2.79. The Kier molecular flexibility index (Phi) is 5.90. The Morgan fingerprint density at radius 1 is 1.22 bits per heavy atom. The van der Waals surface area contributed by atoms with Crippen molar-refractivity contribution in [1.82, 2.24) is 5.32 Å². The van der Waals surface area contributed by atoms with E-state index in [1.165, 1.54) is 29.2 Å². The number of halogens is 1. The summed E-state index contributed by atoms with van der Waals surface area (Å²) >= 11 is 0. The molecule has 0 radical (unpaired) electrons. The largest absolute Gasteiger partial charge is 0.484 e. The molecule has 1 aliphatic heterocycles. The van der Waals surface area contributed by atoms with E-state index in [-0.39, 0.29) is 30.8 Å². The zero-order valence-corrected chi connectivity index (χ0v) is 15.0. The van der Waals surface area contributed by atoms with Gasteiger partial charge in [0.05, 0.1) is 12.2 Å². The zero-order valence-electron chi connectivity index (χ0n) is 15.0. The molecule has 0 unspecified atom stereocenters. The highest BCUT2D eigenvalue weighted by Gasteiger charge is 2.33. The third-order valence-electron chi connectivity index (χ3n) is 4.09. The Morgan fingerprint density at radius 2 is 1.96 bits per heavy atom. The van der Waals surface area contributed by atoms with Crippen LogP contribution in [0.4, 0.5) is 10.1 Å². The van der Waals surface area contributed by atoms with E-state index in [1.54, 1.807) is 24.3 Å². The van der Waals surface area contributed by atoms with Crippen LogP contribution in [-0.4, -0.2) is 37.6 Å². The van der Waals surface area contributed by atoms with Crippen molar-refractivity contribution in [3.8, 4) is 11.5 Å². The van der Waals surface area contributed by atoms with Gasteiger partial charge in [0.2, 0.25) is 0 Å². The fraction of sp³-hybridized carbons (Fsp3) is 0.300. The Bertz CT molecular complexity index is 810. The highest BCUT2D eigenvalue weighted by Crippen LogP contribution is 2.33. The Balaban J connectivity index is 1.72. The minimum Gasteiger partial charge on any atom is -0.484 e. The number of rotatable bonds is 6. The molecule has 3 rings (SSSR count). The number of nitrogens with zero attached hydrogens (tertiary/aromatic N) is 1. The first kappa shape index (κ1) is 18.7. The third-order valence-corrected chi connectivity index (χ3v) is 4.09. The predicted octanol–water partition coefficient (Wildman–Crippen LogP) is 2.52. The zero-order chi connectivity index (χ0) is 19.2. The molecule has 0 saturated heterocycles. The topological polar surface area (TPSA) is 67.9 Å². The van der Waals surface area contributed by atoms with E-state index < -0.39 is 6.10 Å². The summed E-state index contributed by atoms with van der Waals surface area (Å²) in [5.41, 5.74) is 0.588. The van der Waals surface area contributed by atoms with Crippen molar-refractivity contribution in [2.24, 2.45) is 0 Å². The van der Waals surface area contributed by atoms with E-state index in [4.69, 9.17) is 9.47 Å². The van der Waals surface area contributed by atoms with Gasteiger partial charge in [0, 0.05) is 6.54 Å². The minimum atomic E-state index is -0.791. The summed E-state index contributed by atoms with van der Waals surface area (Å²) in [6, 6.07) is 12.5. The summed E-state index contributed by atoms with van der Waals surface area (Å²) in [6.07, 6.45) is 0.0182. The lowest BCUT2D eigenvalue weighted by molar-refractivity contribution is -0.128. The van der Waals surface area contributed by atoms with Gasteiger partial charge in [-0.3, -0.25) is 9.59 Å². The van der Waals surface area contributed by atoms with Crippen molar-refractivity contribution < 1.29 is 23.5 Å². The lowest BCUT2D eigenvalue weighted by atomic mass is 10.1. The van der Waals surface area contributed by atoms with E-state index >= 15 is 0 Å². The van der Waals surface area contributed by atoms with Gasteiger partial charge < -0.3 is 19.7 Å². The SMILES string of the molecule is CCCNC(=O)[C@@H]1CN(C(=O)COc2ccc(F)cc2)c2ccccc2O1. The predicted molar refractivity (Wildman–Crippen MR) is 98.4 cm³/mol. The quantitative estimate of drug-likeness (QED) is 0.846. The van der Waals surface area contributed by atoms with Crippen molar-refractivity contribution in [3.05, 3.63) is 54.3 Å². The van der Waals surface area contributed by atoms with Gasteiger partial charge in [-0.2, -0.15) is 0 Å². The number of nitrogens with one attached hydrogen (secondary N) is 1. The summed E-state index contributed by atoms with van der Waals surface area (Å²) in [5.74, 6) is -0.0947. The fourth-order valence-corrected chi connectivity index (χ4v) is 2.72. The van der Waals surface area contributed by atoms with Crippen molar-refractivity contribution in [3.63, 3.8) is 0 Å². The Labute approximate surface area is 156 Å². The first-order valence-corrected chi connectivity index (χ1v) is 8.80. The van der Waals surface area contributed by atoms with Crippen molar-refractivity contribution in [1.29, 1.82) is 0 Å². The second-order valence-electron chi connectivity index (χ2n) is 6.11. The second-order valence-corrected chi connectivity index (χ2v) is 6.11. The number of hydrogen-bond acceptors (Lipinski definition) is 4. The smallest absolute Gasteiger partial charge is 0.265 e. The van der Waals surface area contributed by atoms with Gasteiger partial charge in [-0.05, 0) is 42.8 Å². The standard InChI is InChI=1S/C20H21FN2O4/c1-2-11-22-20(25)18-12-23(16-5-3-4-6-17(16)27-18)19(24)13-26-15-9-7-14(21)8-10-15/h3-10,18H,2,11-13H2,1H3,(H,22,25)/t18-/m0/s1. The summed E-state index contributed by atoms with van der Waals surface area (Å²) in [4.78, 5) is 26.5. The Morgan fingerprint density at radius 3 is 2.70 bits per heavy atom. The number of ether oxygens (including phenoxy) is 2. The molecule has 0 bridgehead atoms. The molecular formula is C20H21FN2O4. The van der Waals surface area contributed by atoms with E-state index in [0.717, 1.165) is 6.42 Å².